The fraction of sp³-hybridized carbons (Fsp3) is 1.00. The van der Waals surface area contributed by atoms with Crippen molar-refractivity contribution in [2.45, 2.75) is 12.6 Å². The lowest BCUT2D eigenvalue weighted by Gasteiger charge is -2.17. The quantitative estimate of drug-likeness (QED) is 0.475. The van der Waals surface area contributed by atoms with Gasteiger partial charge in [0.15, 0.2) is 0 Å². The third-order valence-corrected chi connectivity index (χ3v) is 1.13. The molecule has 0 aliphatic carbocycles. The molecular formula is C5H15N3. The zero-order valence-electron chi connectivity index (χ0n) is 5.59. The van der Waals surface area contributed by atoms with E-state index in [1.807, 2.05) is 19.0 Å². The van der Waals surface area contributed by atoms with Gasteiger partial charge in [0.25, 0.3) is 0 Å². The molecule has 3 heteroatoms. The highest BCUT2D eigenvalue weighted by molar-refractivity contribution is 4.56. The molecule has 0 aromatic rings. The largest absolute Gasteiger partial charge is 0.330 e. The maximum absolute atomic E-state index is 5.57. The van der Waals surface area contributed by atoms with Gasteiger partial charge in [0.1, 0.15) is 0 Å². The van der Waals surface area contributed by atoms with Crippen molar-refractivity contribution in [1.82, 2.24) is 4.90 Å². The van der Waals surface area contributed by atoms with E-state index in [-0.39, 0.29) is 6.17 Å². The molecule has 0 rings (SSSR count). The van der Waals surface area contributed by atoms with Crippen LogP contribution in [0.2, 0.25) is 0 Å². The molecule has 0 aliphatic rings. The molecule has 0 aromatic carbocycles. The second-order valence-electron chi connectivity index (χ2n) is 2.11. The molecule has 4 N–H and O–H groups in total. The normalized spacial score (nSPS) is 14.6. The Kier molecular flexibility index (Phi) is 3.77. The lowest BCUT2D eigenvalue weighted by molar-refractivity contribution is 0.288. The molecule has 0 bridgehead atoms. The molecule has 1 atom stereocenters. The van der Waals surface area contributed by atoms with Crippen LogP contribution in [-0.2, 0) is 0 Å². The molecule has 0 aliphatic heterocycles. The van der Waals surface area contributed by atoms with Crippen LogP contribution in [-0.4, -0.2) is 31.7 Å². The highest BCUT2D eigenvalue weighted by atomic mass is 15.2. The van der Waals surface area contributed by atoms with Crippen LogP contribution in [0.5, 0.6) is 0 Å². The minimum atomic E-state index is 0.125. The predicted molar refractivity (Wildman–Crippen MR) is 35.3 cm³/mol. The lowest BCUT2D eigenvalue weighted by Crippen LogP contribution is -2.37. The standard InChI is InChI=1S/C5H15N3/c1-8(2)5(7)3-4-6/h5H,3-4,6-7H2,1-2H3. The molecule has 0 saturated heterocycles. The summed E-state index contributed by atoms with van der Waals surface area (Å²) in [7, 11) is 3.89. The first-order valence-corrected chi connectivity index (χ1v) is 2.80. The second-order valence-corrected chi connectivity index (χ2v) is 2.11. The summed E-state index contributed by atoms with van der Waals surface area (Å²) < 4.78 is 0. The van der Waals surface area contributed by atoms with Crippen LogP contribution in [0.1, 0.15) is 6.42 Å². The number of hydrogen-bond acceptors (Lipinski definition) is 3. The summed E-state index contributed by atoms with van der Waals surface area (Å²) in [5, 5.41) is 0. The third-order valence-electron chi connectivity index (χ3n) is 1.13. The van der Waals surface area contributed by atoms with E-state index in [9.17, 15) is 0 Å². The van der Waals surface area contributed by atoms with E-state index >= 15 is 0 Å². The fourth-order valence-corrected chi connectivity index (χ4v) is 0.429. The summed E-state index contributed by atoms with van der Waals surface area (Å²) >= 11 is 0. The molecule has 0 radical (unpaired) electrons. The van der Waals surface area contributed by atoms with Gasteiger partial charge in [0.05, 0.1) is 6.17 Å². The molecule has 50 valence electrons. The lowest BCUT2D eigenvalue weighted by atomic mass is 10.3. The molecule has 0 amide bonds. The maximum Gasteiger partial charge on any atom is 0.0578 e. The van der Waals surface area contributed by atoms with E-state index in [1.165, 1.54) is 0 Å². The Balaban J connectivity index is 3.17. The molecule has 0 heterocycles. The minimum Gasteiger partial charge on any atom is -0.330 e. The molecule has 0 spiro atoms. The number of nitrogens with zero attached hydrogens (tertiary/aromatic N) is 1. The zero-order valence-corrected chi connectivity index (χ0v) is 5.59. The highest BCUT2D eigenvalue weighted by Gasteiger charge is 2.00. The smallest absolute Gasteiger partial charge is 0.0578 e. The van der Waals surface area contributed by atoms with Gasteiger partial charge in [0.2, 0.25) is 0 Å². The Hall–Kier alpha value is -0.120. The summed E-state index contributed by atoms with van der Waals surface area (Å²) in [6.45, 7) is 0.666. The van der Waals surface area contributed by atoms with Gasteiger partial charge in [-0.25, -0.2) is 0 Å². The average Bonchev–Trinajstić information content (AvgIpc) is 1.67. The van der Waals surface area contributed by atoms with Gasteiger partial charge in [-0.1, -0.05) is 0 Å². The van der Waals surface area contributed by atoms with Gasteiger partial charge in [-0.2, -0.15) is 0 Å². The Morgan fingerprint density at radius 1 is 1.50 bits per heavy atom. The summed E-state index contributed by atoms with van der Waals surface area (Å²) in [5.41, 5.74) is 10.8. The van der Waals surface area contributed by atoms with E-state index in [2.05, 4.69) is 0 Å². The maximum atomic E-state index is 5.57. The Bertz CT molecular complexity index is 53.6. The SMILES string of the molecule is CN(C)C(N)CCN. The van der Waals surface area contributed by atoms with Crippen molar-refractivity contribution in [3.8, 4) is 0 Å². The van der Waals surface area contributed by atoms with Crippen LogP contribution in [0.4, 0.5) is 0 Å². The first kappa shape index (κ1) is 7.88. The zero-order chi connectivity index (χ0) is 6.57. The molecule has 3 nitrogen and oxygen atoms in total. The van der Waals surface area contributed by atoms with Crippen LogP contribution >= 0.6 is 0 Å². The summed E-state index contributed by atoms with van der Waals surface area (Å²) in [6, 6.07) is 0. The van der Waals surface area contributed by atoms with Crippen molar-refractivity contribution in [2.24, 2.45) is 11.5 Å². The first-order chi connectivity index (χ1) is 3.68. The van der Waals surface area contributed by atoms with Crippen LogP contribution in [0.25, 0.3) is 0 Å². The van der Waals surface area contributed by atoms with Crippen LogP contribution in [0.3, 0.4) is 0 Å². The van der Waals surface area contributed by atoms with E-state index in [0.717, 1.165) is 6.42 Å². The van der Waals surface area contributed by atoms with Crippen molar-refractivity contribution < 1.29 is 0 Å². The van der Waals surface area contributed by atoms with E-state index in [0.29, 0.717) is 6.54 Å². The van der Waals surface area contributed by atoms with Gasteiger partial charge < -0.3 is 11.5 Å². The Morgan fingerprint density at radius 2 is 2.00 bits per heavy atom. The van der Waals surface area contributed by atoms with Crippen LogP contribution in [0.15, 0.2) is 0 Å². The first-order valence-electron chi connectivity index (χ1n) is 2.80. The number of rotatable bonds is 3. The van der Waals surface area contributed by atoms with Gasteiger partial charge in [-0.3, -0.25) is 4.90 Å². The van der Waals surface area contributed by atoms with Crippen molar-refractivity contribution in [3.05, 3.63) is 0 Å². The summed E-state index contributed by atoms with van der Waals surface area (Å²) in [4.78, 5) is 1.95. The van der Waals surface area contributed by atoms with Crippen molar-refractivity contribution in [2.75, 3.05) is 20.6 Å². The minimum absolute atomic E-state index is 0.125. The van der Waals surface area contributed by atoms with Crippen molar-refractivity contribution >= 4 is 0 Å². The summed E-state index contributed by atoms with van der Waals surface area (Å²) in [5.74, 6) is 0. The Labute approximate surface area is 50.6 Å². The van der Waals surface area contributed by atoms with Gasteiger partial charge in [-0.15, -0.1) is 0 Å². The predicted octanol–water partition coefficient (Wildman–Crippen LogP) is -0.818. The summed E-state index contributed by atoms with van der Waals surface area (Å²) in [6.07, 6.45) is 0.993. The average molecular weight is 117 g/mol. The fourth-order valence-electron chi connectivity index (χ4n) is 0.429. The van der Waals surface area contributed by atoms with Gasteiger partial charge in [-0.05, 0) is 27.1 Å². The van der Waals surface area contributed by atoms with Gasteiger partial charge >= 0.3 is 0 Å². The van der Waals surface area contributed by atoms with Crippen molar-refractivity contribution in [3.63, 3.8) is 0 Å². The molecular weight excluding hydrogens is 102 g/mol. The second kappa shape index (κ2) is 3.83. The third kappa shape index (κ3) is 2.96. The van der Waals surface area contributed by atoms with E-state index in [1.54, 1.807) is 0 Å². The van der Waals surface area contributed by atoms with Crippen LogP contribution in [0, 0.1) is 0 Å². The monoisotopic (exact) mass is 117 g/mol. The molecule has 0 fully saturated rings. The topological polar surface area (TPSA) is 55.3 Å². The van der Waals surface area contributed by atoms with Crippen molar-refractivity contribution in [1.29, 1.82) is 0 Å². The molecule has 8 heavy (non-hydrogen) atoms. The highest BCUT2D eigenvalue weighted by Crippen LogP contribution is 1.86. The molecule has 1 unspecified atom stereocenters. The number of nitrogens with two attached hydrogens (primary N) is 2. The van der Waals surface area contributed by atoms with Gasteiger partial charge in [0, 0.05) is 0 Å². The molecule has 0 aromatic heterocycles. The number of hydrogen-bond donors (Lipinski definition) is 2. The van der Waals surface area contributed by atoms with E-state index in [4.69, 9.17) is 11.5 Å². The van der Waals surface area contributed by atoms with E-state index < -0.39 is 0 Å². The molecule has 0 saturated carbocycles. The Morgan fingerprint density at radius 3 is 2.12 bits per heavy atom. The van der Waals surface area contributed by atoms with Crippen LogP contribution < -0.4 is 11.5 Å².